The molecular weight excluding hydrogens is 336 g/mol. The number of nitrogens with zero attached hydrogens (tertiary/aromatic N) is 2. The number of rotatable bonds is 3. The quantitative estimate of drug-likeness (QED) is 0.794. The molecule has 0 unspecified atom stereocenters. The Labute approximate surface area is 147 Å². The van der Waals surface area contributed by atoms with Crippen LogP contribution in [0.2, 0.25) is 0 Å². The average molecular weight is 356 g/mol. The fourth-order valence-corrected chi connectivity index (χ4v) is 5.17. The van der Waals surface area contributed by atoms with E-state index in [-0.39, 0.29) is 10.7 Å². The van der Waals surface area contributed by atoms with E-state index in [0.29, 0.717) is 18.7 Å². The van der Waals surface area contributed by atoms with Crippen molar-refractivity contribution in [1.29, 1.82) is 0 Å². The van der Waals surface area contributed by atoms with Gasteiger partial charge in [-0.15, -0.1) is 0 Å². The minimum atomic E-state index is -3.65. The number of hydrogen-bond acceptors (Lipinski definition) is 4. The molecule has 2 heterocycles. The molecule has 0 aromatic heterocycles. The highest BCUT2D eigenvalue weighted by molar-refractivity contribution is 7.92. The van der Waals surface area contributed by atoms with Gasteiger partial charge in [-0.05, 0) is 43.5 Å². The van der Waals surface area contributed by atoms with E-state index in [0.717, 1.165) is 30.8 Å². The van der Waals surface area contributed by atoms with Gasteiger partial charge >= 0.3 is 0 Å². The van der Waals surface area contributed by atoms with Crippen molar-refractivity contribution >= 4 is 27.2 Å². The van der Waals surface area contributed by atoms with Crippen LogP contribution < -0.4 is 9.21 Å². The van der Waals surface area contributed by atoms with Crippen LogP contribution in [0.25, 0.3) is 0 Å². The van der Waals surface area contributed by atoms with E-state index in [1.165, 1.54) is 28.9 Å². The van der Waals surface area contributed by atoms with E-state index < -0.39 is 10.0 Å². The SMILES string of the molecule is CC(=O)c1ccc(S(=O)(=O)N2CCN3CCCc4cccc2c43)cc1. The first-order valence-electron chi connectivity index (χ1n) is 8.49. The highest BCUT2D eigenvalue weighted by Crippen LogP contribution is 2.41. The number of benzene rings is 2. The Hall–Kier alpha value is -2.34. The number of aryl methyl sites for hydroxylation is 1. The van der Waals surface area contributed by atoms with E-state index in [2.05, 4.69) is 11.0 Å². The topological polar surface area (TPSA) is 57.7 Å². The summed E-state index contributed by atoms with van der Waals surface area (Å²) < 4.78 is 27.9. The third-order valence-electron chi connectivity index (χ3n) is 4.98. The molecule has 2 aliphatic rings. The Kier molecular flexibility index (Phi) is 3.80. The molecule has 2 aliphatic heterocycles. The Bertz CT molecular complexity index is 936. The van der Waals surface area contributed by atoms with Crippen LogP contribution in [0.5, 0.6) is 0 Å². The minimum absolute atomic E-state index is 0.0744. The number of carbonyl (C=O) groups excluding carboxylic acids is 1. The van der Waals surface area contributed by atoms with E-state index in [4.69, 9.17) is 0 Å². The second-order valence-electron chi connectivity index (χ2n) is 6.53. The van der Waals surface area contributed by atoms with E-state index in [1.807, 2.05) is 12.1 Å². The molecule has 130 valence electrons. The van der Waals surface area contributed by atoms with E-state index in [1.54, 1.807) is 12.1 Å². The molecule has 0 N–H and O–H groups in total. The second kappa shape index (κ2) is 5.88. The Balaban J connectivity index is 1.78. The fourth-order valence-electron chi connectivity index (χ4n) is 3.71. The molecular formula is C19H20N2O3S. The predicted octanol–water partition coefficient (Wildman–Crippen LogP) is 2.85. The number of hydrogen-bond donors (Lipinski definition) is 0. The van der Waals surface area contributed by atoms with Gasteiger partial charge in [0, 0.05) is 18.7 Å². The van der Waals surface area contributed by atoms with Crippen molar-refractivity contribution in [2.75, 3.05) is 28.8 Å². The molecule has 25 heavy (non-hydrogen) atoms. The zero-order valence-electron chi connectivity index (χ0n) is 14.1. The van der Waals surface area contributed by atoms with Gasteiger partial charge in [0.05, 0.1) is 22.8 Å². The lowest BCUT2D eigenvalue weighted by atomic mass is 9.99. The van der Waals surface area contributed by atoms with Gasteiger partial charge in [0.1, 0.15) is 0 Å². The minimum Gasteiger partial charge on any atom is -0.368 e. The van der Waals surface area contributed by atoms with Gasteiger partial charge in [-0.3, -0.25) is 9.10 Å². The van der Waals surface area contributed by atoms with Crippen molar-refractivity contribution < 1.29 is 13.2 Å². The molecule has 4 rings (SSSR count). The lowest BCUT2D eigenvalue weighted by molar-refractivity contribution is 0.101. The zero-order chi connectivity index (χ0) is 17.6. The smallest absolute Gasteiger partial charge is 0.264 e. The molecule has 0 amide bonds. The van der Waals surface area contributed by atoms with Crippen LogP contribution in [0.15, 0.2) is 47.4 Å². The van der Waals surface area contributed by atoms with Gasteiger partial charge in [-0.1, -0.05) is 24.3 Å². The van der Waals surface area contributed by atoms with Crippen molar-refractivity contribution in [2.24, 2.45) is 0 Å². The van der Waals surface area contributed by atoms with Crippen molar-refractivity contribution in [3.8, 4) is 0 Å². The Morgan fingerprint density at radius 2 is 1.76 bits per heavy atom. The van der Waals surface area contributed by atoms with Gasteiger partial charge < -0.3 is 4.90 Å². The molecule has 0 fully saturated rings. The molecule has 0 atom stereocenters. The zero-order valence-corrected chi connectivity index (χ0v) is 14.9. The first-order chi connectivity index (χ1) is 12.0. The van der Waals surface area contributed by atoms with Gasteiger partial charge in [-0.25, -0.2) is 8.42 Å². The van der Waals surface area contributed by atoms with Crippen molar-refractivity contribution in [3.05, 3.63) is 53.6 Å². The van der Waals surface area contributed by atoms with E-state index in [9.17, 15) is 13.2 Å². The number of para-hydroxylation sites is 1. The number of anilines is 2. The van der Waals surface area contributed by atoms with Crippen LogP contribution in [-0.4, -0.2) is 33.8 Å². The Morgan fingerprint density at radius 3 is 2.48 bits per heavy atom. The second-order valence-corrected chi connectivity index (χ2v) is 8.40. The Morgan fingerprint density at radius 1 is 1.00 bits per heavy atom. The summed E-state index contributed by atoms with van der Waals surface area (Å²) in [7, 11) is -3.65. The van der Waals surface area contributed by atoms with Crippen LogP contribution in [-0.2, 0) is 16.4 Å². The molecule has 2 aromatic carbocycles. The highest BCUT2D eigenvalue weighted by atomic mass is 32.2. The van der Waals surface area contributed by atoms with Gasteiger partial charge in [-0.2, -0.15) is 0 Å². The summed E-state index contributed by atoms with van der Waals surface area (Å²) in [5.41, 5.74) is 3.56. The normalized spacial score (nSPS) is 16.5. The monoisotopic (exact) mass is 356 g/mol. The lowest BCUT2D eigenvalue weighted by Crippen LogP contribution is -2.46. The third-order valence-corrected chi connectivity index (χ3v) is 6.81. The summed E-state index contributed by atoms with van der Waals surface area (Å²) in [4.78, 5) is 13.9. The fraction of sp³-hybridized carbons (Fsp3) is 0.316. The number of ketones is 1. The molecule has 0 radical (unpaired) electrons. The van der Waals surface area contributed by atoms with Crippen LogP contribution in [0.4, 0.5) is 11.4 Å². The molecule has 5 nitrogen and oxygen atoms in total. The molecule has 0 aliphatic carbocycles. The van der Waals surface area contributed by atoms with Gasteiger partial charge in [0.2, 0.25) is 0 Å². The summed E-state index contributed by atoms with van der Waals surface area (Å²) in [6.45, 7) is 3.59. The first-order valence-corrected chi connectivity index (χ1v) is 9.93. The van der Waals surface area contributed by atoms with Crippen LogP contribution in [0.3, 0.4) is 0 Å². The van der Waals surface area contributed by atoms with E-state index >= 15 is 0 Å². The summed E-state index contributed by atoms with van der Waals surface area (Å²) in [5.74, 6) is -0.0744. The standard InChI is InChI=1S/C19H20N2O3S/c1-14(22)15-7-9-17(10-8-15)25(23,24)21-13-12-20-11-3-5-16-4-2-6-18(21)19(16)20/h2,4,6-10H,3,5,11-13H2,1H3. The highest BCUT2D eigenvalue weighted by Gasteiger charge is 2.34. The molecule has 2 aromatic rings. The van der Waals surface area contributed by atoms with Crippen LogP contribution >= 0.6 is 0 Å². The average Bonchev–Trinajstić information content (AvgIpc) is 2.62. The maximum absolute atomic E-state index is 13.2. The van der Waals surface area contributed by atoms with Crippen molar-refractivity contribution in [1.82, 2.24) is 0 Å². The summed E-state index contributed by atoms with van der Waals surface area (Å²) in [6.07, 6.45) is 2.09. The predicted molar refractivity (Wildman–Crippen MR) is 98.0 cm³/mol. The molecule has 0 saturated carbocycles. The van der Waals surface area contributed by atoms with Gasteiger partial charge in [0.25, 0.3) is 10.0 Å². The molecule has 0 bridgehead atoms. The molecule has 6 heteroatoms. The summed E-state index contributed by atoms with van der Waals surface area (Å²) >= 11 is 0. The van der Waals surface area contributed by atoms with Crippen LogP contribution in [0.1, 0.15) is 29.3 Å². The number of sulfonamides is 1. The molecule has 0 saturated heterocycles. The number of Topliss-reactive ketones (excluding diaryl/α,β-unsaturated/α-hetero) is 1. The maximum Gasteiger partial charge on any atom is 0.264 e. The largest absolute Gasteiger partial charge is 0.368 e. The third kappa shape index (κ3) is 2.61. The summed E-state index contributed by atoms with van der Waals surface area (Å²) in [5, 5.41) is 0. The molecule has 0 spiro atoms. The number of carbonyl (C=O) groups is 1. The first kappa shape index (κ1) is 16.1. The van der Waals surface area contributed by atoms with Gasteiger partial charge in [0.15, 0.2) is 5.78 Å². The maximum atomic E-state index is 13.2. The summed E-state index contributed by atoms with van der Waals surface area (Å²) in [6, 6.07) is 12.1. The van der Waals surface area contributed by atoms with Crippen molar-refractivity contribution in [3.63, 3.8) is 0 Å². The lowest BCUT2D eigenvalue weighted by Gasteiger charge is -2.41. The van der Waals surface area contributed by atoms with Crippen molar-refractivity contribution in [2.45, 2.75) is 24.7 Å². The van der Waals surface area contributed by atoms with Crippen LogP contribution in [0, 0.1) is 0 Å².